The number of carbonyl (C=O) groups is 1. The highest BCUT2D eigenvalue weighted by molar-refractivity contribution is 7.10. The maximum atomic E-state index is 13.3. The standard InChI is InChI=1S/C22H24FN3OS/c1-25-12-2-5-18(25)19-6-3-13-26(19)15-21(27)24-22(20-7-4-14-28-20)16-8-10-17(23)11-9-16/h2,4-5,7-12,14,19,22H,3,6,13,15H2,1H3,(H,24,27). The molecular weight excluding hydrogens is 373 g/mol. The number of benzene rings is 1. The summed E-state index contributed by atoms with van der Waals surface area (Å²) in [6, 6.07) is 14.5. The molecule has 0 saturated carbocycles. The number of hydrogen-bond donors (Lipinski definition) is 1. The van der Waals surface area contributed by atoms with E-state index in [0.29, 0.717) is 6.54 Å². The second kappa shape index (κ2) is 8.29. The fourth-order valence-corrected chi connectivity index (χ4v) is 4.79. The Kier molecular flexibility index (Phi) is 5.59. The molecular formula is C22H24FN3OS. The number of aromatic nitrogens is 1. The van der Waals surface area contributed by atoms with Crippen molar-refractivity contribution < 1.29 is 9.18 Å². The number of hydrogen-bond acceptors (Lipinski definition) is 3. The Hall–Kier alpha value is -2.44. The molecule has 1 amide bonds. The molecule has 28 heavy (non-hydrogen) atoms. The topological polar surface area (TPSA) is 37.3 Å². The van der Waals surface area contributed by atoms with Gasteiger partial charge >= 0.3 is 0 Å². The Morgan fingerprint density at radius 1 is 1.25 bits per heavy atom. The van der Waals surface area contributed by atoms with Crippen LogP contribution in [0, 0.1) is 5.82 Å². The van der Waals surface area contributed by atoms with Crippen molar-refractivity contribution in [2.75, 3.05) is 13.1 Å². The van der Waals surface area contributed by atoms with Gasteiger partial charge in [0.25, 0.3) is 0 Å². The van der Waals surface area contributed by atoms with Crippen LogP contribution >= 0.6 is 11.3 Å². The summed E-state index contributed by atoms with van der Waals surface area (Å²) in [5.74, 6) is -0.286. The number of likely N-dealkylation sites (tertiary alicyclic amines) is 1. The summed E-state index contributed by atoms with van der Waals surface area (Å²) < 4.78 is 15.5. The largest absolute Gasteiger partial charge is 0.353 e. The predicted octanol–water partition coefficient (Wildman–Crippen LogP) is 4.27. The molecule has 2 aromatic heterocycles. The SMILES string of the molecule is Cn1cccc1C1CCCN1CC(=O)NC(c1ccc(F)cc1)c1cccs1. The smallest absolute Gasteiger partial charge is 0.234 e. The van der Waals surface area contributed by atoms with Gasteiger partial charge in [-0.25, -0.2) is 4.39 Å². The molecule has 2 atom stereocenters. The van der Waals surface area contributed by atoms with E-state index in [1.165, 1.54) is 17.8 Å². The number of rotatable bonds is 6. The van der Waals surface area contributed by atoms with E-state index in [9.17, 15) is 9.18 Å². The number of thiophene rings is 1. The number of nitrogens with one attached hydrogen (secondary N) is 1. The molecule has 0 spiro atoms. The van der Waals surface area contributed by atoms with Crippen molar-refractivity contribution in [3.8, 4) is 0 Å². The third-order valence-electron chi connectivity index (χ3n) is 5.37. The van der Waals surface area contributed by atoms with Crippen molar-refractivity contribution in [1.29, 1.82) is 0 Å². The summed E-state index contributed by atoms with van der Waals surface area (Å²) in [6.07, 6.45) is 4.21. The highest BCUT2D eigenvalue weighted by Gasteiger charge is 2.29. The number of halogens is 1. The van der Waals surface area contributed by atoms with E-state index in [-0.39, 0.29) is 23.8 Å². The molecule has 3 aromatic rings. The van der Waals surface area contributed by atoms with Gasteiger partial charge in [-0.2, -0.15) is 0 Å². The van der Waals surface area contributed by atoms with Crippen LogP contribution in [-0.4, -0.2) is 28.5 Å². The number of aryl methyl sites for hydroxylation is 1. The van der Waals surface area contributed by atoms with Gasteiger partial charge in [-0.05, 0) is 60.7 Å². The summed E-state index contributed by atoms with van der Waals surface area (Å²) in [6.45, 7) is 1.28. The molecule has 1 saturated heterocycles. The average molecular weight is 398 g/mol. The third-order valence-corrected chi connectivity index (χ3v) is 6.31. The highest BCUT2D eigenvalue weighted by Crippen LogP contribution is 2.32. The third kappa shape index (κ3) is 4.03. The van der Waals surface area contributed by atoms with Crippen LogP contribution < -0.4 is 5.32 Å². The quantitative estimate of drug-likeness (QED) is 0.675. The van der Waals surface area contributed by atoms with Gasteiger partial charge in [-0.1, -0.05) is 18.2 Å². The zero-order chi connectivity index (χ0) is 19.5. The van der Waals surface area contributed by atoms with Crippen molar-refractivity contribution in [3.63, 3.8) is 0 Å². The van der Waals surface area contributed by atoms with Crippen LogP contribution in [0.15, 0.2) is 60.1 Å². The summed E-state index contributed by atoms with van der Waals surface area (Å²) >= 11 is 1.59. The summed E-state index contributed by atoms with van der Waals surface area (Å²) in [5.41, 5.74) is 2.14. The molecule has 0 aliphatic carbocycles. The lowest BCUT2D eigenvalue weighted by atomic mass is 10.1. The van der Waals surface area contributed by atoms with Crippen LogP contribution in [-0.2, 0) is 11.8 Å². The predicted molar refractivity (Wildman–Crippen MR) is 110 cm³/mol. The minimum atomic E-state index is -0.275. The number of carbonyl (C=O) groups excluding carboxylic acids is 1. The van der Waals surface area contributed by atoms with Gasteiger partial charge < -0.3 is 9.88 Å². The van der Waals surface area contributed by atoms with Gasteiger partial charge in [0, 0.05) is 23.8 Å². The van der Waals surface area contributed by atoms with Gasteiger partial charge in [0.05, 0.1) is 18.6 Å². The first-order valence-electron chi connectivity index (χ1n) is 9.55. The van der Waals surface area contributed by atoms with Crippen LogP contribution in [0.3, 0.4) is 0 Å². The van der Waals surface area contributed by atoms with E-state index < -0.39 is 0 Å². The lowest BCUT2D eigenvalue weighted by Gasteiger charge is -2.26. The fraction of sp³-hybridized carbons (Fsp3) is 0.318. The number of amides is 1. The fourth-order valence-electron chi connectivity index (χ4n) is 3.99. The number of nitrogens with zero attached hydrogens (tertiary/aromatic N) is 2. The Bertz CT molecular complexity index is 920. The van der Waals surface area contributed by atoms with Crippen LogP contribution in [0.25, 0.3) is 0 Å². The molecule has 146 valence electrons. The zero-order valence-electron chi connectivity index (χ0n) is 15.8. The minimum Gasteiger partial charge on any atom is -0.353 e. The summed E-state index contributed by atoms with van der Waals surface area (Å²) in [5, 5.41) is 5.15. The van der Waals surface area contributed by atoms with E-state index in [4.69, 9.17) is 0 Å². The zero-order valence-corrected chi connectivity index (χ0v) is 16.7. The van der Waals surface area contributed by atoms with E-state index in [1.807, 2.05) is 36.8 Å². The van der Waals surface area contributed by atoms with Crippen LogP contribution in [0.2, 0.25) is 0 Å². The van der Waals surface area contributed by atoms with E-state index in [0.717, 1.165) is 29.8 Å². The lowest BCUT2D eigenvalue weighted by Crippen LogP contribution is -2.39. The second-order valence-electron chi connectivity index (χ2n) is 7.24. The van der Waals surface area contributed by atoms with Crippen LogP contribution in [0.4, 0.5) is 4.39 Å². The Balaban J connectivity index is 1.49. The molecule has 0 bridgehead atoms. The molecule has 1 N–H and O–H groups in total. The average Bonchev–Trinajstić information content (AvgIpc) is 3.42. The van der Waals surface area contributed by atoms with Crippen molar-refractivity contribution in [3.05, 3.63) is 82.1 Å². The Morgan fingerprint density at radius 3 is 2.75 bits per heavy atom. The van der Waals surface area contributed by atoms with E-state index in [1.54, 1.807) is 23.5 Å². The van der Waals surface area contributed by atoms with E-state index >= 15 is 0 Å². The molecule has 1 fully saturated rings. The van der Waals surface area contributed by atoms with Gasteiger partial charge in [-0.15, -0.1) is 11.3 Å². The first-order chi connectivity index (χ1) is 13.6. The maximum absolute atomic E-state index is 13.3. The summed E-state index contributed by atoms with van der Waals surface area (Å²) in [7, 11) is 2.05. The normalized spacial score (nSPS) is 18.3. The van der Waals surface area contributed by atoms with Crippen LogP contribution in [0.5, 0.6) is 0 Å². The van der Waals surface area contributed by atoms with Gasteiger partial charge in [0.2, 0.25) is 5.91 Å². The first-order valence-corrected chi connectivity index (χ1v) is 10.4. The lowest BCUT2D eigenvalue weighted by molar-refractivity contribution is -0.123. The van der Waals surface area contributed by atoms with Crippen molar-refractivity contribution in [2.24, 2.45) is 7.05 Å². The Morgan fingerprint density at radius 2 is 2.07 bits per heavy atom. The molecule has 1 aliphatic heterocycles. The Labute approximate surface area is 168 Å². The maximum Gasteiger partial charge on any atom is 0.234 e. The molecule has 3 heterocycles. The molecule has 4 nitrogen and oxygen atoms in total. The van der Waals surface area contributed by atoms with Crippen molar-refractivity contribution in [2.45, 2.75) is 24.9 Å². The monoisotopic (exact) mass is 397 g/mol. The molecule has 4 rings (SSSR count). The second-order valence-corrected chi connectivity index (χ2v) is 8.22. The van der Waals surface area contributed by atoms with Crippen molar-refractivity contribution in [1.82, 2.24) is 14.8 Å². The molecule has 6 heteroatoms. The molecule has 1 aromatic carbocycles. The van der Waals surface area contributed by atoms with Crippen LogP contribution in [0.1, 0.15) is 41.1 Å². The first kappa shape index (κ1) is 18.9. The van der Waals surface area contributed by atoms with Gasteiger partial charge in [0.15, 0.2) is 0 Å². The van der Waals surface area contributed by atoms with E-state index in [2.05, 4.69) is 20.9 Å². The molecule has 2 unspecified atom stereocenters. The summed E-state index contributed by atoms with van der Waals surface area (Å²) in [4.78, 5) is 16.2. The molecule has 1 aliphatic rings. The van der Waals surface area contributed by atoms with Crippen molar-refractivity contribution >= 4 is 17.2 Å². The van der Waals surface area contributed by atoms with Gasteiger partial charge in [0.1, 0.15) is 5.82 Å². The molecule has 0 radical (unpaired) electrons. The highest BCUT2D eigenvalue weighted by atomic mass is 32.1. The van der Waals surface area contributed by atoms with Gasteiger partial charge in [-0.3, -0.25) is 9.69 Å². The minimum absolute atomic E-state index is 0.0103.